The van der Waals surface area contributed by atoms with E-state index < -0.39 is 0 Å². The zero-order valence-corrected chi connectivity index (χ0v) is 11.5. The molecule has 0 bridgehead atoms. The summed E-state index contributed by atoms with van der Waals surface area (Å²) in [6.45, 7) is 11.8. The number of piperidine rings is 1. The highest BCUT2D eigenvalue weighted by Gasteiger charge is 2.26. The topological polar surface area (TPSA) is 44.4 Å². The summed E-state index contributed by atoms with van der Waals surface area (Å²) in [4.78, 5) is 13.9. The van der Waals surface area contributed by atoms with Gasteiger partial charge in [-0.25, -0.2) is 0 Å². The van der Waals surface area contributed by atoms with Gasteiger partial charge in [-0.3, -0.25) is 9.69 Å². The molecule has 1 heterocycles. The van der Waals surface area contributed by atoms with Crippen LogP contribution in [0.5, 0.6) is 0 Å². The molecule has 0 aromatic carbocycles. The van der Waals surface area contributed by atoms with Crippen LogP contribution in [0, 0.1) is 5.41 Å². The second-order valence-electron chi connectivity index (χ2n) is 5.30. The third kappa shape index (κ3) is 5.04. The first-order chi connectivity index (χ1) is 8.09. The number of carbonyl (C=O) groups excluding carboxylic acids is 1. The fourth-order valence-electron chi connectivity index (χ4n) is 2.23. The third-order valence-corrected chi connectivity index (χ3v) is 3.78. The predicted octanol–water partition coefficient (Wildman–Crippen LogP) is 0.834. The lowest BCUT2D eigenvalue weighted by atomic mass is 9.81. The van der Waals surface area contributed by atoms with Crippen molar-refractivity contribution in [3.8, 4) is 0 Å². The summed E-state index contributed by atoms with van der Waals surface area (Å²) < 4.78 is 0. The highest BCUT2D eigenvalue weighted by Crippen LogP contribution is 2.26. The smallest absolute Gasteiger partial charge is 0.234 e. The number of hydrogen-bond donors (Lipinski definition) is 2. The number of carbonyl (C=O) groups is 1. The molecule has 0 aromatic rings. The van der Waals surface area contributed by atoms with Crippen LogP contribution in [-0.2, 0) is 4.79 Å². The molecular weight excluding hydrogens is 214 g/mol. The average molecular weight is 241 g/mol. The fourth-order valence-corrected chi connectivity index (χ4v) is 2.23. The van der Waals surface area contributed by atoms with E-state index in [0.717, 1.165) is 45.6 Å². The summed E-state index contributed by atoms with van der Waals surface area (Å²) >= 11 is 0. The maximum atomic E-state index is 11.8. The minimum atomic E-state index is 0.161. The van der Waals surface area contributed by atoms with E-state index in [2.05, 4.69) is 36.3 Å². The van der Waals surface area contributed by atoms with Crippen molar-refractivity contribution in [2.45, 2.75) is 33.6 Å². The Morgan fingerprint density at radius 2 is 1.88 bits per heavy atom. The maximum Gasteiger partial charge on any atom is 0.234 e. The van der Waals surface area contributed by atoms with Crippen LogP contribution in [0.1, 0.15) is 33.6 Å². The number of hydrogen-bond acceptors (Lipinski definition) is 3. The van der Waals surface area contributed by atoms with E-state index in [-0.39, 0.29) is 11.3 Å². The van der Waals surface area contributed by atoms with Crippen molar-refractivity contribution in [1.29, 1.82) is 0 Å². The molecular formula is C13H27N3O. The average Bonchev–Trinajstić information content (AvgIpc) is 2.34. The van der Waals surface area contributed by atoms with E-state index in [1.54, 1.807) is 0 Å². The van der Waals surface area contributed by atoms with E-state index in [1.807, 2.05) is 0 Å². The van der Waals surface area contributed by atoms with Crippen molar-refractivity contribution in [1.82, 2.24) is 15.5 Å². The first-order valence-corrected chi connectivity index (χ1v) is 6.79. The van der Waals surface area contributed by atoms with E-state index in [0.29, 0.717) is 6.54 Å². The van der Waals surface area contributed by atoms with Gasteiger partial charge in [0.15, 0.2) is 0 Å². The largest absolute Gasteiger partial charge is 0.354 e. The minimum Gasteiger partial charge on any atom is -0.354 e. The van der Waals surface area contributed by atoms with Gasteiger partial charge in [0.25, 0.3) is 0 Å². The van der Waals surface area contributed by atoms with Crippen LogP contribution >= 0.6 is 0 Å². The Labute approximate surface area is 105 Å². The van der Waals surface area contributed by atoms with Gasteiger partial charge >= 0.3 is 0 Å². The summed E-state index contributed by atoms with van der Waals surface area (Å²) in [7, 11) is 0. The lowest BCUT2D eigenvalue weighted by Gasteiger charge is -2.34. The van der Waals surface area contributed by atoms with Gasteiger partial charge in [0.05, 0.1) is 6.54 Å². The summed E-state index contributed by atoms with van der Waals surface area (Å²) in [5, 5.41) is 6.44. The molecule has 0 aromatic heterocycles. The molecule has 100 valence electrons. The Hall–Kier alpha value is -0.610. The molecule has 1 rings (SSSR count). The zero-order valence-electron chi connectivity index (χ0n) is 11.5. The monoisotopic (exact) mass is 241 g/mol. The second-order valence-corrected chi connectivity index (χ2v) is 5.30. The van der Waals surface area contributed by atoms with Gasteiger partial charge < -0.3 is 10.6 Å². The summed E-state index contributed by atoms with van der Waals surface area (Å²) in [6.07, 6.45) is 2.30. The van der Waals surface area contributed by atoms with Crippen molar-refractivity contribution in [3.05, 3.63) is 0 Å². The third-order valence-electron chi connectivity index (χ3n) is 3.78. The number of rotatable bonds is 6. The lowest BCUT2D eigenvalue weighted by Crippen LogP contribution is -2.45. The van der Waals surface area contributed by atoms with Crippen molar-refractivity contribution in [2.75, 3.05) is 39.3 Å². The molecule has 1 aliphatic rings. The predicted molar refractivity (Wildman–Crippen MR) is 71.0 cm³/mol. The first kappa shape index (κ1) is 14.5. The molecule has 4 heteroatoms. The maximum absolute atomic E-state index is 11.8. The highest BCUT2D eigenvalue weighted by molar-refractivity contribution is 5.78. The molecule has 4 nitrogen and oxygen atoms in total. The number of likely N-dealkylation sites (N-methyl/N-ethyl adjacent to an activating group) is 1. The lowest BCUT2D eigenvalue weighted by molar-refractivity contribution is -0.122. The van der Waals surface area contributed by atoms with Crippen molar-refractivity contribution in [3.63, 3.8) is 0 Å². The Kier molecular flexibility index (Phi) is 5.92. The van der Waals surface area contributed by atoms with Crippen LogP contribution in [0.2, 0.25) is 0 Å². The van der Waals surface area contributed by atoms with Crippen LogP contribution < -0.4 is 10.6 Å². The van der Waals surface area contributed by atoms with Gasteiger partial charge in [-0.05, 0) is 44.4 Å². The molecule has 0 unspecified atom stereocenters. The van der Waals surface area contributed by atoms with Crippen LogP contribution in [0.3, 0.4) is 0 Å². The Morgan fingerprint density at radius 3 is 2.41 bits per heavy atom. The first-order valence-electron chi connectivity index (χ1n) is 6.79. The standard InChI is InChI=1S/C13H27N3O/c1-4-16(5-2)10-12(17)15-11-13(3)6-8-14-9-7-13/h14H,4-11H2,1-3H3,(H,15,17). The molecule has 0 saturated carbocycles. The Balaban J connectivity index is 2.27. The summed E-state index contributed by atoms with van der Waals surface area (Å²) in [5.74, 6) is 0.161. The quantitative estimate of drug-likeness (QED) is 0.724. The van der Waals surface area contributed by atoms with Crippen LogP contribution in [0.4, 0.5) is 0 Å². The second kappa shape index (κ2) is 6.97. The Bertz CT molecular complexity index is 233. The van der Waals surface area contributed by atoms with E-state index in [9.17, 15) is 4.79 Å². The van der Waals surface area contributed by atoms with Gasteiger partial charge in [0.2, 0.25) is 5.91 Å². The van der Waals surface area contributed by atoms with Gasteiger partial charge in [0, 0.05) is 6.54 Å². The van der Waals surface area contributed by atoms with Crippen molar-refractivity contribution < 1.29 is 4.79 Å². The highest BCUT2D eigenvalue weighted by atomic mass is 16.2. The molecule has 1 amide bonds. The SMILES string of the molecule is CCN(CC)CC(=O)NCC1(C)CCNCC1. The van der Waals surface area contributed by atoms with Crippen LogP contribution in [0.25, 0.3) is 0 Å². The number of nitrogens with one attached hydrogen (secondary N) is 2. The van der Waals surface area contributed by atoms with Crippen molar-refractivity contribution >= 4 is 5.91 Å². The van der Waals surface area contributed by atoms with E-state index in [1.165, 1.54) is 0 Å². The number of amides is 1. The molecule has 0 aliphatic carbocycles. The molecule has 1 saturated heterocycles. The Morgan fingerprint density at radius 1 is 1.29 bits per heavy atom. The minimum absolute atomic E-state index is 0.161. The van der Waals surface area contributed by atoms with E-state index in [4.69, 9.17) is 0 Å². The fraction of sp³-hybridized carbons (Fsp3) is 0.923. The summed E-state index contributed by atoms with van der Waals surface area (Å²) in [6, 6.07) is 0. The molecule has 0 atom stereocenters. The van der Waals surface area contributed by atoms with Crippen molar-refractivity contribution in [2.24, 2.45) is 5.41 Å². The van der Waals surface area contributed by atoms with Crippen LogP contribution in [-0.4, -0.2) is 50.1 Å². The molecule has 17 heavy (non-hydrogen) atoms. The van der Waals surface area contributed by atoms with Gasteiger partial charge in [-0.15, -0.1) is 0 Å². The number of nitrogens with zero attached hydrogens (tertiary/aromatic N) is 1. The molecule has 1 aliphatic heterocycles. The molecule has 1 fully saturated rings. The van der Waals surface area contributed by atoms with Crippen LogP contribution in [0.15, 0.2) is 0 Å². The van der Waals surface area contributed by atoms with Gasteiger partial charge in [0.1, 0.15) is 0 Å². The van der Waals surface area contributed by atoms with Gasteiger partial charge in [-0.2, -0.15) is 0 Å². The molecule has 0 radical (unpaired) electrons. The molecule has 2 N–H and O–H groups in total. The molecule has 0 spiro atoms. The van der Waals surface area contributed by atoms with E-state index >= 15 is 0 Å². The van der Waals surface area contributed by atoms with Gasteiger partial charge in [-0.1, -0.05) is 20.8 Å². The zero-order chi connectivity index (χ0) is 12.7. The summed E-state index contributed by atoms with van der Waals surface area (Å²) in [5.41, 5.74) is 0.282. The normalized spacial score (nSPS) is 19.3.